The van der Waals surface area contributed by atoms with E-state index < -0.39 is 35.9 Å². The number of carbonyl (C=O) groups is 2. The molecule has 10 nitrogen and oxygen atoms in total. The smallest absolute Gasteiger partial charge is 0.312 e. The number of rotatable bonds is 22. The van der Waals surface area contributed by atoms with Gasteiger partial charge in [-0.15, -0.1) is 6.42 Å². The summed E-state index contributed by atoms with van der Waals surface area (Å²) in [6, 6.07) is 0. The van der Waals surface area contributed by atoms with E-state index in [4.69, 9.17) is 26.4 Å². The SMILES string of the molecule is C#C[C@]1(COC(=O)CCCCCC)O[C@@H](n2cnc3c(N)nc(F)nc32)C[C@@H]1OC(=O)CCCCCCCCCCCCCC. The minimum absolute atomic E-state index is 0.111. The molecule has 1 saturated heterocycles. The summed E-state index contributed by atoms with van der Waals surface area (Å²) in [5.41, 5.74) is 4.62. The summed E-state index contributed by atoms with van der Waals surface area (Å²) >= 11 is 0. The Morgan fingerprint density at radius 2 is 1.51 bits per heavy atom. The van der Waals surface area contributed by atoms with Crippen molar-refractivity contribution in [2.75, 3.05) is 12.3 Å². The maximum Gasteiger partial charge on any atom is 0.312 e. The standard InChI is InChI=1S/C34H52FN5O5/c1-4-7-9-11-12-13-14-15-16-17-18-20-22-29(42)44-26-23-27(40-25-37-30-31(36)38-33(35)39-32(30)40)45-34(26,6-3)24-43-28(41)21-19-10-8-5-2/h3,25-27H,4-5,7-24H2,1-2H3,(H2,36,38,39)/t26-,27+,34+/m0/s1. The van der Waals surface area contributed by atoms with E-state index in [0.717, 1.165) is 32.1 Å². The fourth-order valence-corrected chi connectivity index (χ4v) is 5.75. The normalized spacial score (nSPS) is 19.5. The topological polar surface area (TPSA) is 131 Å². The van der Waals surface area contributed by atoms with Crippen molar-refractivity contribution in [1.82, 2.24) is 19.5 Å². The van der Waals surface area contributed by atoms with Crippen LogP contribution in [0, 0.1) is 18.4 Å². The molecule has 0 unspecified atom stereocenters. The molecule has 45 heavy (non-hydrogen) atoms. The number of carbonyl (C=O) groups excluding carboxylic acids is 2. The van der Waals surface area contributed by atoms with Crippen LogP contribution in [-0.2, 0) is 23.8 Å². The summed E-state index contributed by atoms with van der Waals surface area (Å²) in [6.07, 6.45) is 23.3. The van der Waals surface area contributed by atoms with E-state index in [1.54, 1.807) is 0 Å². The van der Waals surface area contributed by atoms with Crippen molar-refractivity contribution in [3.63, 3.8) is 0 Å². The third kappa shape index (κ3) is 11.2. The van der Waals surface area contributed by atoms with Gasteiger partial charge in [-0.2, -0.15) is 14.4 Å². The molecule has 0 amide bonds. The number of esters is 2. The Bertz CT molecular complexity index is 1250. The number of aromatic nitrogens is 4. The molecule has 3 heterocycles. The van der Waals surface area contributed by atoms with Crippen molar-refractivity contribution in [3.8, 4) is 12.3 Å². The molecule has 11 heteroatoms. The van der Waals surface area contributed by atoms with Crippen LogP contribution >= 0.6 is 0 Å². The van der Waals surface area contributed by atoms with E-state index in [9.17, 15) is 14.0 Å². The Balaban J connectivity index is 1.56. The second-order valence-electron chi connectivity index (χ2n) is 12.1. The van der Waals surface area contributed by atoms with E-state index in [1.807, 2.05) is 0 Å². The second kappa shape index (κ2) is 19.3. The zero-order chi connectivity index (χ0) is 32.5. The van der Waals surface area contributed by atoms with E-state index in [1.165, 1.54) is 68.7 Å². The average molecular weight is 630 g/mol. The molecular formula is C34H52FN5O5. The van der Waals surface area contributed by atoms with Gasteiger partial charge in [-0.25, -0.2) is 4.98 Å². The van der Waals surface area contributed by atoms with E-state index in [0.29, 0.717) is 12.8 Å². The Morgan fingerprint density at radius 1 is 0.956 bits per heavy atom. The van der Waals surface area contributed by atoms with Gasteiger partial charge in [-0.3, -0.25) is 14.2 Å². The zero-order valence-corrected chi connectivity index (χ0v) is 27.2. The van der Waals surface area contributed by atoms with Crippen molar-refractivity contribution >= 4 is 28.9 Å². The molecule has 2 aromatic rings. The third-order valence-corrected chi connectivity index (χ3v) is 8.45. The molecule has 0 radical (unpaired) electrons. The van der Waals surface area contributed by atoms with Crippen molar-refractivity contribution < 1.29 is 28.2 Å². The lowest BCUT2D eigenvalue weighted by Crippen LogP contribution is -2.45. The Hall–Kier alpha value is -3.26. The molecule has 0 bridgehead atoms. The molecule has 1 fully saturated rings. The number of unbranched alkanes of at least 4 members (excludes halogenated alkanes) is 14. The van der Waals surface area contributed by atoms with Gasteiger partial charge in [0.1, 0.15) is 18.9 Å². The Labute approximate surface area is 267 Å². The third-order valence-electron chi connectivity index (χ3n) is 8.45. The van der Waals surface area contributed by atoms with Crippen LogP contribution in [0.15, 0.2) is 6.33 Å². The molecular weight excluding hydrogens is 577 g/mol. The van der Waals surface area contributed by atoms with Crippen LogP contribution in [0.3, 0.4) is 0 Å². The van der Waals surface area contributed by atoms with Gasteiger partial charge in [0.2, 0.25) is 5.60 Å². The van der Waals surface area contributed by atoms with Crippen molar-refractivity contribution in [2.45, 2.75) is 154 Å². The largest absolute Gasteiger partial charge is 0.461 e. The van der Waals surface area contributed by atoms with Crippen LogP contribution in [0.1, 0.15) is 142 Å². The van der Waals surface area contributed by atoms with Gasteiger partial charge in [0.05, 0.1) is 6.33 Å². The van der Waals surface area contributed by atoms with Gasteiger partial charge in [-0.1, -0.05) is 110 Å². The number of nitrogen functional groups attached to an aromatic ring is 1. The maximum absolute atomic E-state index is 14.0. The maximum atomic E-state index is 14.0. The number of imidazole rings is 1. The van der Waals surface area contributed by atoms with Gasteiger partial charge >= 0.3 is 18.0 Å². The van der Waals surface area contributed by atoms with E-state index in [2.05, 4.69) is 34.7 Å². The minimum atomic E-state index is -1.54. The number of halogens is 1. The summed E-state index contributed by atoms with van der Waals surface area (Å²) in [4.78, 5) is 37.0. The van der Waals surface area contributed by atoms with E-state index >= 15 is 0 Å². The predicted octanol–water partition coefficient (Wildman–Crippen LogP) is 7.36. The van der Waals surface area contributed by atoms with Crippen molar-refractivity contribution in [3.05, 3.63) is 12.4 Å². The number of nitrogens with two attached hydrogens (primary N) is 1. The molecule has 2 N–H and O–H groups in total. The van der Waals surface area contributed by atoms with Crippen molar-refractivity contribution in [1.29, 1.82) is 0 Å². The van der Waals surface area contributed by atoms with Crippen LogP contribution in [0.5, 0.6) is 0 Å². The van der Waals surface area contributed by atoms with Crippen LogP contribution in [-0.4, -0.2) is 49.8 Å². The highest BCUT2D eigenvalue weighted by Crippen LogP contribution is 2.40. The highest BCUT2D eigenvalue weighted by Gasteiger charge is 2.52. The van der Waals surface area contributed by atoms with Gasteiger partial charge in [0.15, 0.2) is 17.0 Å². The van der Waals surface area contributed by atoms with Crippen LogP contribution < -0.4 is 5.73 Å². The number of fused-ring (bicyclic) bond motifs is 1. The number of ether oxygens (including phenoxy) is 3. The lowest BCUT2D eigenvalue weighted by atomic mass is 9.98. The molecule has 2 aromatic heterocycles. The van der Waals surface area contributed by atoms with Gasteiger partial charge < -0.3 is 19.9 Å². The highest BCUT2D eigenvalue weighted by molar-refractivity contribution is 5.81. The van der Waals surface area contributed by atoms with Gasteiger partial charge in [0.25, 0.3) is 0 Å². The first-order valence-corrected chi connectivity index (χ1v) is 17.0. The van der Waals surface area contributed by atoms with Gasteiger partial charge in [0, 0.05) is 19.3 Å². The first kappa shape index (κ1) is 36.2. The zero-order valence-electron chi connectivity index (χ0n) is 27.2. The second-order valence-corrected chi connectivity index (χ2v) is 12.1. The van der Waals surface area contributed by atoms with Crippen LogP contribution in [0.2, 0.25) is 0 Å². The molecule has 0 spiro atoms. The molecule has 3 atom stereocenters. The fraction of sp³-hybridized carbons (Fsp3) is 0.735. The Kier molecular flexibility index (Phi) is 15.5. The average Bonchev–Trinajstić information content (AvgIpc) is 3.60. The summed E-state index contributed by atoms with van der Waals surface area (Å²) in [5.74, 6) is 1.70. The summed E-state index contributed by atoms with van der Waals surface area (Å²) in [7, 11) is 0. The van der Waals surface area contributed by atoms with E-state index in [-0.39, 0.29) is 42.9 Å². The van der Waals surface area contributed by atoms with Crippen molar-refractivity contribution in [2.24, 2.45) is 0 Å². The number of hydrogen-bond acceptors (Lipinski definition) is 9. The minimum Gasteiger partial charge on any atom is -0.461 e. The predicted molar refractivity (Wildman–Crippen MR) is 171 cm³/mol. The number of terminal acetylenes is 1. The first-order valence-electron chi connectivity index (χ1n) is 17.0. The molecule has 3 rings (SSSR count). The summed E-state index contributed by atoms with van der Waals surface area (Å²) in [5, 5.41) is 0. The molecule has 1 aliphatic heterocycles. The monoisotopic (exact) mass is 629 g/mol. The summed E-state index contributed by atoms with van der Waals surface area (Å²) < 4.78 is 33.2. The summed E-state index contributed by atoms with van der Waals surface area (Å²) in [6.45, 7) is 4.04. The molecule has 250 valence electrons. The molecule has 0 aromatic carbocycles. The van der Waals surface area contributed by atoms with Gasteiger partial charge in [-0.05, 0) is 12.8 Å². The quantitative estimate of drug-likeness (QED) is 0.0614. The highest BCUT2D eigenvalue weighted by atomic mass is 19.1. The first-order chi connectivity index (χ1) is 21.8. The molecule has 1 aliphatic rings. The lowest BCUT2D eigenvalue weighted by molar-refractivity contribution is -0.166. The fourth-order valence-electron chi connectivity index (χ4n) is 5.75. The Morgan fingerprint density at radius 3 is 2.11 bits per heavy atom. The van der Waals surface area contributed by atoms with Crippen LogP contribution in [0.25, 0.3) is 11.2 Å². The lowest BCUT2D eigenvalue weighted by Gasteiger charge is -2.28. The molecule has 0 aliphatic carbocycles. The molecule has 0 saturated carbocycles. The number of hydrogen-bond donors (Lipinski definition) is 1. The number of anilines is 1. The number of nitrogens with zero attached hydrogens (tertiary/aromatic N) is 4. The van der Waals surface area contributed by atoms with Crippen LogP contribution in [0.4, 0.5) is 10.2 Å².